The summed E-state index contributed by atoms with van der Waals surface area (Å²) < 4.78 is 16.3. The van der Waals surface area contributed by atoms with Crippen LogP contribution in [0.5, 0.6) is 23.1 Å². The Bertz CT molecular complexity index is 1540. The smallest absolute Gasteiger partial charge is 0.323 e. The second-order valence-corrected chi connectivity index (χ2v) is 7.62. The summed E-state index contributed by atoms with van der Waals surface area (Å²) in [5.41, 5.74) is 2.23. The number of amides is 2. The lowest BCUT2D eigenvalue weighted by molar-refractivity contribution is 0.262. The number of urea groups is 1. The number of carbonyl (C=O) groups excluding carboxylic acids is 1. The molecule has 0 radical (unpaired) electrons. The third-order valence-corrected chi connectivity index (χ3v) is 5.33. The third-order valence-electron chi connectivity index (χ3n) is 5.01. The van der Waals surface area contributed by atoms with Crippen LogP contribution >= 0.6 is 11.6 Å². The minimum atomic E-state index is -0.452. The molecule has 5 rings (SSSR count). The van der Waals surface area contributed by atoms with Crippen LogP contribution in [-0.4, -0.2) is 28.2 Å². The molecule has 0 bridgehead atoms. The summed E-state index contributed by atoms with van der Waals surface area (Å²) in [6.07, 6.45) is 2.91. The predicted molar refractivity (Wildman–Crippen MR) is 128 cm³/mol. The van der Waals surface area contributed by atoms with E-state index in [2.05, 4.69) is 20.6 Å². The molecular formula is C24H17ClN4O5. The number of ether oxygens (including phenoxy) is 2. The van der Waals surface area contributed by atoms with Crippen LogP contribution in [0.25, 0.3) is 21.9 Å². The molecule has 34 heavy (non-hydrogen) atoms. The van der Waals surface area contributed by atoms with Crippen molar-refractivity contribution in [2.75, 3.05) is 17.7 Å². The normalized spacial score (nSPS) is 10.9. The summed E-state index contributed by atoms with van der Waals surface area (Å²) in [7, 11) is 1.45. The molecular weight excluding hydrogens is 460 g/mol. The lowest BCUT2D eigenvalue weighted by atomic mass is 10.2. The summed E-state index contributed by atoms with van der Waals surface area (Å²) in [4.78, 5) is 20.7. The van der Waals surface area contributed by atoms with Crippen molar-refractivity contribution < 1.29 is 23.8 Å². The number of aromatic hydroxyl groups is 1. The molecule has 0 unspecified atom stereocenters. The number of fused-ring (bicyclic) bond motifs is 2. The Balaban J connectivity index is 1.32. The van der Waals surface area contributed by atoms with E-state index in [1.165, 1.54) is 19.5 Å². The molecule has 0 aliphatic heterocycles. The molecule has 2 heterocycles. The van der Waals surface area contributed by atoms with Gasteiger partial charge in [0.25, 0.3) is 0 Å². The molecule has 2 aromatic heterocycles. The number of hydrogen-bond acceptors (Lipinski definition) is 7. The van der Waals surface area contributed by atoms with E-state index in [-0.39, 0.29) is 22.4 Å². The minimum absolute atomic E-state index is 0.0407. The van der Waals surface area contributed by atoms with Gasteiger partial charge in [-0.25, -0.2) is 14.8 Å². The molecule has 170 valence electrons. The SMILES string of the molecule is COc1cc2c(Oc3ccc(NC(=O)Nc4ccc5occc5c4)c(Cl)c3)ncnc2cc1O. The first-order valence-electron chi connectivity index (χ1n) is 10.0. The number of aromatic nitrogens is 2. The van der Waals surface area contributed by atoms with Crippen LogP contribution in [0.4, 0.5) is 16.2 Å². The average molecular weight is 477 g/mol. The van der Waals surface area contributed by atoms with E-state index in [1.54, 1.807) is 48.7 Å². The fraction of sp³-hybridized carbons (Fsp3) is 0.0417. The van der Waals surface area contributed by atoms with E-state index >= 15 is 0 Å². The minimum Gasteiger partial charge on any atom is -0.504 e. The topological polar surface area (TPSA) is 119 Å². The van der Waals surface area contributed by atoms with Gasteiger partial charge in [-0.05, 0) is 42.5 Å². The highest BCUT2D eigenvalue weighted by Crippen LogP contribution is 2.36. The highest BCUT2D eigenvalue weighted by molar-refractivity contribution is 6.34. The highest BCUT2D eigenvalue weighted by atomic mass is 35.5. The molecule has 5 aromatic rings. The van der Waals surface area contributed by atoms with Gasteiger partial charge in [0.05, 0.1) is 35.0 Å². The molecule has 0 saturated heterocycles. The second-order valence-electron chi connectivity index (χ2n) is 7.22. The van der Waals surface area contributed by atoms with Gasteiger partial charge in [-0.1, -0.05) is 11.6 Å². The maximum absolute atomic E-state index is 12.4. The van der Waals surface area contributed by atoms with Crippen molar-refractivity contribution in [3.05, 3.63) is 72.2 Å². The number of nitrogens with one attached hydrogen (secondary N) is 2. The first-order valence-corrected chi connectivity index (χ1v) is 10.4. The number of anilines is 2. The van der Waals surface area contributed by atoms with Crippen molar-refractivity contribution in [2.24, 2.45) is 0 Å². The number of carbonyl (C=O) groups is 1. The maximum Gasteiger partial charge on any atom is 0.323 e. The van der Waals surface area contributed by atoms with E-state index in [0.29, 0.717) is 28.0 Å². The molecule has 0 aliphatic carbocycles. The van der Waals surface area contributed by atoms with Gasteiger partial charge >= 0.3 is 6.03 Å². The monoisotopic (exact) mass is 476 g/mol. The fourth-order valence-corrected chi connectivity index (χ4v) is 3.61. The Hall–Kier alpha value is -4.50. The average Bonchev–Trinajstić information content (AvgIpc) is 3.28. The third kappa shape index (κ3) is 4.24. The second kappa shape index (κ2) is 8.80. The van der Waals surface area contributed by atoms with Crippen molar-refractivity contribution in [1.29, 1.82) is 0 Å². The number of phenolic OH excluding ortho intramolecular Hbond substituents is 1. The van der Waals surface area contributed by atoms with E-state index in [9.17, 15) is 9.90 Å². The fourth-order valence-electron chi connectivity index (χ4n) is 3.39. The lowest BCUT2D eigenvalue weighted by Crippen LogP contribution is -2.19. The first kappa shape index (κ1) is 21.4. The number of furan rings is 1. The molecule has 3 N–H and O–H groups in total. The molecule has 10 heteroatoms. The van der Waals surface area contributed by atoms with Gasteiger partial charge in [0.1, 0.15) is 17.7 Å². The van der Waals surface area contributed by atoms with Gasteiger partial charge in [0, 0.05) is 23.2 Å². The van der Waals surface area contributed by atoms with Crippen molar-refractivity contribution in [1.82, 2.24) is 9.97 Å². The zero-order valence-electron chi connectivity index (χ0n) is 17.7. The lowest BCUT2D eigenvalue weighted by Gasteiger charge is -2.12. The quantitative estimate of drug-likeness (QED) is 0.277. The first-order chi connectivity index (χ1) is 16.5. The molecule has 0 fully saturated rings. The van der Waals surface area contributed by atoms with Crippen molar-refractivity contribution in [2.45, 2.75) is 0 Å². The summed E-state index contributed by atoms with van der Waals surface area (Å²) in [6.45, 7) is 0. The number of phenols is 1. The number of methoxy groups -OCH3 is 1. The van der Waals surface area contributed by atoms with Crippen LogP contribution < -0.4 is 20.1 Å². The van der Waals surface area contributed by atoms with E-state index < -0.39 is 6.03 Å². The number of rotatable bonds is 5. The van der Waals surface area contributed by atoms with Crippen molar-refractivity contribution >= 4 is 50.9 Å². The van der Waals surface area contributed by atoms with Crippen molar-refractivity contribution in [3.8, 4) is 23.1 Å². The summed E-state index contributed by atoms with van der Waals surface area (Å²) in [5, 5.41) is 17.1. The van der Waals surface area contributed by atoms with Gasteiger partial charge in [0.2, 0.25) is 5.88 Å². The Kier molecular flexibility index (Phi) is 5.52. The van der Waals surface area contributed by atoms with Gasteiger partial charge < -0.3 is 29.6 Å². The van der Waals surface area contributed by atoms with Gasteiger partial charge in [-0.2, -0.15) is 0 Å². The number of nitrogens with zero attached hydrogens (tertiary/aromatic N) is 2. The molecule has 0 aliphatic rings. The summed E-state index contributed by atoms with van der Waals surface area (Å²) in [5.74, 6) is 0.879. The predicted octanol–water partition coefficient (Wildman–Crippen LogP) is 6.18. The zero-order chi connectivity index (χ0) is 23.7. The van der Waals surface area contributed by atoms with Crippen LogP contribution in [0.15, 0.2) is 71.6 Å². The number of hydrogen-bond donors (Lipinski definition) is 3. The van der Waals surface area contributed by atoms with Crippen LogP contribution in [0, 0.1) is 0 Å². The molecule has 3 aromatic carbocycles. The standard InChI is InChI=1S/C24H17ClN4O5/c1-32-22-10-16-19(11-20(22)30)26-12-27-23(16)34-15-3-4-18(17(25)9-15)29-24(31)28-14-2-5-21-13(8-14)6-7-33-21/h2-12,30H,1H3,(H2,28,29,31). The Morgan fingerprint density at radius 3 is 2.76 bits per heavy atom. The van der Waals surface area contributed by atoms with Crippen LogP contribution in [-0.2, 0) is 0 Å². The van der Waals surface area contributed by atoms with E-state index in [0.717, 1.165) is 11.0 Å². The maximum atomic E-state index is 12.4. The van der Waals surface area contributed by atoms with Crippen LogP contribution in [0.3, 0.4) is 0 Å². The van der Waals surface area contributed by atoms with Crippen LogP contribution in [0.1, 0.15) is 0 Å². The van der Waals surface area contributed by atoms with Crippen LogP contribution in [0.2, 0.25) is 5.02 Å². The number of halogens is 1. The summed E-state index contributed by atoms with van der Waals surface area (Å²) in [6, 6.07) is 14.5. The largest absolute Gasteiger partial charge is 0.504 e. The molecule has 2 amide bonds. The Morgan fingerprint density at radius 2 is 1.94 bits per heavy atom. The van der Waals surface area contributed by atoms with Gasteiger partial charge in [0.15, 0.2) is 11.5 Å². The molecule has 9 nitrogen and oxygen atoms in total. The molecule has 0 saturated carbocycles. The Labute approximate surface area is 197 Å². The van der Waals surface area contributed by atoms with Crippen molar-refractivity contribution in [3.63, 3.8) is 0 Å². The van der Waals surface area contributed by atoms with E-state index in [4.69, 9.17) is 25.5 Å². The van der Waals surface area contributed by atoms with Gasteiger partial charge in [-0.15, -0.1) is 0 Å². The molecule has 0 atom stereocenters. The van der Waals surface area contributed by atoms with E-state index in [1.807, 2.05) is 6.07 Å². The van der Waals surface area contributed by atoms with Gasteiger partial charge in [-0.3, -0.25) is 0 Å². The highest BCUT2D eigenvalue weighted by Gasteiger charge is 2.13. The molecule has 0 spiro atoms. The Morgan fingerprint density at radius 1 is 1.06 bits per heavy atom. The zero-order valence-corrected chi connectivity index (χ0v) is 18.5. The summed E-state index contributed by atoms with van der Waals surface area (Å²) >= 11 is 6.37. The number of benzene rings is 3.